The predicted molar refractivity (Wildman–Crippen MR) is 107 cm³/mol. The van der Waals surface area contributed by atoms with Crippen LogP contribution in [0.4, 0.5) is 5.69 Å². The summed E-state index contributed by atoms with van der Waals surface area (Å²) in [6.07, 6.45) is 1.05. The maximum Gasteiger partial charge on any atom is 0.354 e. The van der Waals surface area contributed by atoms with Crippen molar-refractivity contribution in [1.82, 2.24) is 4.90 Å². The lowest BCUT2D eigenvalue weighted by Crippen LogP contribution is -2.67. The zero-order valence-electron chi connectivity index (χ0n) is 16.1. The van der Waals surface area contributed by atoms with Crippen LogP contribution < -0.4 is 4.90 Å². The van der Waals surface area contributed by atoms with Crippen LogP contribution in [-0.4, -0.2) is 47.8 Å². The average Bonchev–Trinajstić information content (AvgIpc) is 3.35. The fourth-order valence-electron chi connectivity index (χ4n) is 3.93. The number of nitrogens with zero attached hydrogens (tertiary/aromatic N) is 2. The van der Waals surface area contributed by atoms with Crippen molar-refractivity contribution in [3.8, 4) is 0 Å². The number of rotatable bonds is 5. The lowest BCUT2D eigenvalue weighted by molar-refractivity contribution is -0.155. The molecule has 7 nitrogen and oxygen atoms in total. The summed E-state index contributed by atoms with van der Waals surface area (Å²) >= 11 is 1.37. The average molecular weight is 412 g/mol. The highest BCUT2D eigenvalue weighted by Gasteiger charge is 2.60. The Kier molecular flexibility index (Phi) is 4.74. The molecule has 150 valence electrons. The minimum absolute atomic E-state index is 0.111. The summed E-state index contributed by atoms with van der Waals surface area (Å²) in [4.78, 5) is 55.3. The fourth-order valence-corrected chi connectivity index (χ4v) is 4.80. The molecule has 2 amide bonds. The van der Waals surface area contributed by atoms with Crippen LogP contribution in [0, 0.1) is 0 Å². The van der Waals surface area contributed by atoms with Gasteiger partial charge in [0, 0.05) is 24.8 Å². The Labute approximate surface area is 171 Å². The number of benzene rings is 1. The van der Waals surface area contributed by atoms with Gasteiger partial charge in [-0.05, 0) is 30.7 Å². The standard InChI is InChI=1S/C21H20N2O5S/c1-3-13-8-9-17(29-13)16(24)12-28-20(27)21-11-10-18(25)23(21)15-7-5-4-6-14(15)19(26)22(21)2/h4-9H,3,10-12H2,1-2H3. The third-order valence-corrected chi connectivity index (χ3v) is 6.76. The smallest absolute Gasteiger partial charge is 0.354 e. The van der Waals surface area contributed by atoms with Crippen LogP contribution in [0.3, 0.4) is 0 Å². The largest absolute Gasteiger partial charge is 0.454 e. The maximum atomic E-state index is 13.2. The molecule has 1 saturated heterocycles. The normalized spacial score (nSPS) is 20.5. The Bertz CT molecular complexity index is 1030. The van der Waals surface area contributed by atoms with Crippen molar-refractivity contribution in [2.75, 3.05) is 18.6 Å². The molecule has 0 spiro atoms. The monoisotopic (exact) mass is 412 g/mol. The molecule has 0 saturated carbocycles. The number of carbonyl (C=O) groups excluding carboxylic acids is 4. The quantitative estimate of drug-likeness (QED) is 0.557. The van der Waals surface area contributed by atoms with E-state index in [0.29, 0.717) is 16.1 Å². The van der Waals surface area contributed by atoms with Gasteiger partial charge in [-0.2, -0.15) is 0 Å². The Morgan fingerprint density at radius 2 is 1.93 bits per heavy atom. The van der Waals surface area contributed by atoms with Crippen LogP contribution in [0.25, 0.3) is 0 Å². The molecule has 0 aliphatic carbocycles. The molecule has 3 heterocycles. The van der Waals surface area contributed by atoms with Gasteiger partial charge in [0.25, 0.3) is 5.91 Å². The predicted octanol–water partition coefficient (Wildman–Crippen LogP) is 2.65. The number of esters is 1. The Morgan fingerprint density at radius 3 is 2.66 bits per heavy atom. The molecule has 1 aromatic heterocycles. The molecule has 2 aromatic rings. The number of likely N-dealkylation sites (N-methyl/N-ethyl adjacent to an activating group) is 1. The Hall–Kier alpha value is -3.00. The summed E-state index contributed by atoms with van der Waals surface area (Å²) in [6, 6.07) is 10.3. The van der Waals surface area contributed by atoms with E-state index in [0.717, 1.165) is 11.3 Å². The van der Waals surface area contributed by atoms with Gasteiger partial charge in [-0.15, -0.1) is 11.3 Å². The van der Waals surface area contributed by atoms with Crippen molar-refractivity contribution >= 4 is 40.6 Å². The van der Waals surface area contributed by atoms with Gasteiger partial charge in [0.05, 0.1) is 16.1 Å². The van der Waals surface area contributed by atoms with Gasteiger partial charge in [-0.1, -0.05) is 19.1 Å². The van der Waals surface area contributed by atoms with E-state index in [2.05, 4.69) is 0 Å². The highest BCUT2D eigenvalue weighted by molar-refractivity contribution is 7.14. The molecule has 1 fully saturated rings. The summed E-state index contributed by atoms with van der Waals surface area (Å²) in [5, 5.41) is 0. The number of aryl methyl sites for hydroxylation is 1. The second-order valence-corrected chi connectivity index (χ2v) is 8.21. The van der Waals surface area contributed by atoms with Crippen LogP contribution in [0.1, 0.15) is 44.7 Å². The number of thiophene rings is 1. The lowest BCUT2D eigenvalue weighted by Gasteiger charge is -2.46. The SMILES string of the molecule is CCc1ccc(C(=O)COC(=O)C23CCC(=O)N2c2ccccc2C(=O)N3C)s1. The second-order valence-electron chi connectivity index (χ2n) is 7.05. The molecular formula is C21H20N2O5S. The van der Waals surface area contributed by atoms with E-state index in [9.17, 15) is 19.2 Å². The zero-order valence-corrected chi connectivity index (χ0v) is 17.0. The first kappa shape index (κ1) is 19.3. The number of fused-ring (bicyclic) bond motifs is 3. The van der Waals surface area contributed by atoms with Crippen molar-refractivity contribution in [1.29, 1.82) is 0 Å². The fraction of sp³-hybridized carbons (Fsp3) is 0.333. The molecule has 0 bridgehead atoms. The van der Waals surface area contributed by atoms with Crippen molar-refractivity contribution in [3.63, 3.8) is 0 Å². The molecular weight excluding hydrogens is 392 g/mol. The summed E-state index contributed by atoms with van der Waals surface area (Å²) in [7, 11) is 1.49. The van der Waals surface area contributed by atoms with Crippen molar-refractivity contribution in [2.24, 2.45) is 0 Å². The molecule has 1 atom stereocenters. The summed E-state index contributed by atoms with van der Waals surface area (Å²) in [6.45, 7) is 1.56. The van der Waals surface area contributed by atoms with Crippen molar-refractivity contribution < 1.29 is 23.9 Å². The number of anilines is 1. The highest BCUT2D eigenvalue weighted by Crippen LogP contribution is 2.44. The number of Topliss-reactive ketones (excluding diaryl/α,β-unsaturated/α-hetero) is 1. The van der Waals surface area contributed by atoms with Gasteiger partial charge in [0.1, 0.15) is 0 Å². The second kappa shape index (κ2) is 7.11. The van der Waals surface area contributed by atoms with E-state index in [1.54, 1.807) is 30.3 Å². The van der Waals surface area contributed by atoms with Gasteiger partial charge in [0.15, 0.2) is 6.61 Å². The first-order valence-corrected chi connectivity index (χ1v) is 10.2. The van der Waals surface area contributed by atoms with Gasteiger partial charge in [0.2, 0.25) is 17.4 Å². The molecule has 2 aliphatic rings. The molecule has 1 unspecified atom stereocenters. The number of ether oxygens (including phenoxy) is 1. The third kappa shape index (κ3) is 2.86. The van der Waals surface area contributed by atoms with E-state index in [4.69, 9.17) is 4.74 Å². The number of ketones is 1. The first-order chi connectivity index (χ1) is 13.9. The lowest BCUT2D eigenvalue weighted by atomic mass is 9.97. The molecule has 1 aromatic carbocycles. The number of carbonyl (C=O) groups is 4. The summed E-state index contributed by atoms with van der Waals surface area (Å²) in [5.41, 5.74) is -0.810. The van der Waals surface area contributed by atoms with Crippen molar-refractivity contribution in [3.05, 3.63) is 51.7 Å². The minimum atomic E-state index is -1.56. The van der Waals surface area contributed by atoms with Gasteiger partial charge in [-0.3, -0.25) is 19.3 Å². The van der Waals surface area contributed by atoms with Gasteiger partial charge < -0.3 is 9.64 Å². The molecule has 8 heteroatoms. The van der Waals surface area contributed by atoms with E-state index in [1.807, 2.05) is 13.0 Å². The third-order valence-electron chi connectivity index (χ3n) is 5.49. The van der Waals surface area contributed by atoms with Crippen LogP contribution in [0.15, 0.2) is 36.4 Å². The van der Waals surface area contributed by atoms with Crippen LogP contribution in [-0.2, 0) is 20.7 Å². The van der Waals surface area contributed by atoms with Crippen LogP contribution in [0.5, 0.6) is 0 Å². The Morgan fingerprint density at radius 1 is 1.17 bits per heavy atom. The van der Waals surface area contributed by atoms with Crippen LogP contribution >= 0.6 is 11.3 Å². The minimum Gasteiger partial charge on any atom is -0.454 e. The summed E-state index contributed by atoms with van der Waals surface area (Å²) < 4.78 is 5.36. The number of amides is 2. The van der Waals surface area contributed by atoms with E-state index >= 15 is 0 Å². The molecule has 29 heavy (non-hydrogen) atoms. The van der Waals surface area contributed by atoms with E-state index < -0.39 is 18.2 Å². The maximum absolute atomic E-state index is 13.2. The Balaban J connectivity index is 1.62. The van der Waals surface area contributed by atoms with Gasteiger partial charge >= 0.3 is 5.97 Å². The summed E-state index contributed by atoms with van der Waals surface area (Å²) in [5.74, 6) is -1.69. The number of hydrogen-bond acceptors (Lipinski definition) is 6. The van der Waals surface area contributed by atoms with Crippen LogP contribution in [0.2, 0.25) is 0 Å². The van der Waals surface area contributed by atoms with Crippen molar-refractivity contribution in [2.45, 2.75) is 31.8 Å². The molecule has 2 aliphatic heterocycles. The highest BCUT2D eigenvalue weighted by atomic mass is 32.1. The number of hydrogen-bond donors (Lipinski definition) is 0. The molecule has 0 N–H and O–H groups in total. The molecule has 0 radical (unpaired) electrons. The topological polar surface area (TPSA) is 84.0 Å². The first-order valence-electron chi connectivity index (χ1n) is 9.39. The van der Waals surface area contributed by atoms with E-state index in [-0.39, 0.29) is 30.4 Å². The molecule has 4 rings (SSSR count). The zero-order chi connectivity index (χ0) is 20.8. The number of para-hydroxylation sites is 1. The van der Waals surface area contributed by atoms with E-state index in [1.165, 1.54) is 28.2 Å². The van der Waals surface area contributed by atoms with Gasteiger partial charge in [-0.25, -0.2) is 4.79 Å².